The van der Waals surface area contributed by atoms with E-state index in [1.54, 1.807) is 0 Å². The number of benzene rings is 14. The minimum absolute atomic E-state index is 1.13. The second kappa shape index (κ2) is 24.8. The molecular weight excluding hydrogens is 1050 g/mol. The van der Waals surface area contributed by atoms with Gasteiger partial charge in [0.25, 0.3) is 0 Å². The predicted molar refractivity (Wildman–Crippen MR) is 378 cm³/mol. The van der Waals surface area contributed by atoms with Crippen LogP contribution in [0.15, 0.2) is 297 Å². The van der Waals surface area contributed by atoms with Crippen LogP contribution in [0.2, 0.25) is 0 Å². The highest BCUT2D eigenvalue weighted by Gasteiger charge is 2.19. The van der Waals surface area contributed by atoms with Gasteiger partial charge in [-0.05, 0) is 207 Å². The maximum atomic E-state index is 2.36. The maximum absolute atomic E-state index is 2.36. The van der Waals surface area contributed by atoms with Crippen LogP contribution in [0.1, 0.15) is 50.1 Å². The highest BCUT2D eigenvalue weighted by molar-refractivity contribution is 6.22. The lowest BCUT2D eigenvalue weighted by Gasteiger charge is -2.25. The molecule has 2 nitrogen and oxygen atoms in total. The van der Waals surface area contributed by atoms with Crippen LogP contribution >= 0.6 is 0 Å². The average molecular weight is 1120 g/mol. The van der Waals surface area contributed by atoms with Gasteiger partial charge in [-0.25, -0.2) is 0 Å². The summed E-state index contributed by atoms with van der Waals surface area (Å²) >= 11 is 0. The number of anilines is 6. The van der Waals surface area contributed by atoms with Gasteiger partial charge in [-0.3, -0.25) is 0 Å². The second-order valence-electron chi connectivity index (χ2n) is 23.0. The van der Waals surface area contributed by atoms with E-state index >= 15 is 0 Å². The fourth-order valence-electron chi connectivity index (χ4n) is 11.8. The van der Waals surface area contributed by atoms with Gasteiger partial charge in [-0.2, -0.15) is 0 Å². The molecule has 87 heavy (non-hydrogen) atoms. The van der Waals surface area contributed by atoms with Crippen LogP contribution in [-0.4, -0.2) is 0 Å². The Morgan fingerprint density at radius 2 is 0.471 bits per heavy atom. The summed E-state index contributed by atoms with van der Waals surface area (Å²) in [6.45, 7) is 10.7. The van der Waals surface area contributed by atoms with Crippen molar-refractivity contribution in [1.29, 1.82) is 0 Å². The van der Waals surface area contributed by atoms with Crippen LogP contribution in [0.5, 0.6) is 0 Å². The van der Waals surface area contributed by atoms with Crippen LogP contribution in [0.4, 0.5) is 34.1 Å². The zero-order valence-corrected chi connectivity index (χ0v) is 50.0. The summed E-state index contributed by atoms with van der Waals surface area (Å²) < 4.78 is 0. The Labute approximate surface area is 512 Å². The molecule has 0 unspecified atom stereocenters. The Kier molecular flexibility index (Phi) is 15.8. The first-order chi connectivity index (χ1) is 42.6. The Morgan fingerprint density at radius 1 is 0.207 bits per heavy atom. The fraction of sp³-hybridized carbons (Fsp3) is 0.0588. The van der Waals surface area contributed by atoms with Crippen LogP contribution in [0.25, 0.3) is 89.6 Å². The number of rotatable bonds is 12. The van der Waals surface area contributed by atoms with E-state index in [0.717, 1.165) is 45.3 Å². The molecule has 14 aromatic rings. The molecule has 0 aliphatic rings. The first-order valence-corrected chi connectivity index (χ1v) is 30.1. The molecule has 0 saturated carbocycles. The van der Waals surface area contributed by atoms with Gasteiger partial charge in [0.1, 0.15) is 0 Å². The molecule has 0 aliphatic heterocycles. The Hall–Kier alpha value is -10.8. The van der Waals surface area contributed by atoms with Crippen molar-refractivity contribution in [3.8, 4) is 22.3 Å². The second-order valence-corrected chi connectivity index (χ2v) is 23.0. The van der Waals surface area contributed by atoms with E-state index in [-0.39, 0.29) is 0 Å². The topological polar surface area (TPSA) is 6.48 Å². The van der Waals surface area contributed by atoms with E-state index in [9.17, 15) is 0 Å². The molecule has 0 fully saturated rings. The van der Waals surface area contributed by atoms with Crippen molar-refractivity contribution < 1.29 is 0 Å². The molecule has 0 bridgehead atoms. The summed E-state index contributed by atoms with van der Waals surface area (Å²) in [5, 5.41) is 10.3. The first kappa shape index (κ1) is 55.4. The van der Waals surface area contributed by atoms with Crippen molar-refractivity contribution in [3.05, 3.63) is 347 Å². The lowest BCUT2D eigenvalue weighted by molar-refractivity contribution is 1.27. The van der Waals surface area contributed by atoms with Gasteiger partial charge in [-0.1, -0.05) is 264 Å². The molecule has 14 rings (SSSR count). The lowest BCUT2D eigenvalue weighted by Crippen LogP contribution is -2.09. The summed E-state index contributed by atoms with van der Waals surface area (Å²) in [5.74, 6) is 0. The van der Waals surface area contributed by atoms with E-state index in [1.807, 2.05) is 0 Å². The molecule has 0 heterocycles. The minimum Gasteiger partial charge on any atom is -0.311 e. The molecule has 0 atom stereocenters. The molecule has 2 heteroatoms. The molecule has 0 aliphatic carbocycles. The van der Waals surface area contributed by atoms with Crippen molar-refractivity contribution in [1.82, 2.24) is 0 Å². The Balaban J connectivity index is 0.000000173. The molecular formula is C85H68N2. The van der Waals surface area contributed by atoms with E-state index in [1.165, 1.54) is 104 Å². The van der Waals surface area contributed by atoms with Crippen molar-refractivity contribution in [3.63, 3.8) is 0 Å². The molecule has 0 radical (unpaired) electrons. The fourth-order valence-corrected chi connectivity index (χ4v) is 11.8. The van der Waals surface area contributed by atoms with Crippen LogP contribution in [0.3, 0.4) is 0 Å². The molecule has 0 amide bonds. The zero-order chi connectivity index (χ0) is 59.2. The molecule has 0 N–H and O–H groups in total. The molecule has 0 saturated heterocycles. The number of hydrogen-bond donors (Lipinski definition) is 0. The predicted octanol–water partition coefficient (Wildman–Crippen LogP) is 24.1. The molecule has 0 aromatic heterocycles. The van der Waals surface area contributed by atoms with Gasteiger partial charge in [0.15, 0.2) is 0 Å². The summed E-state index contributed by atoms with van der Waals surface area (Å²) in [6.07, 6.45) is 8.70. The number of fused-ring (bicyclic) bond motifs is 4. The summed E-state index contributed by atoms with van der Waals surface area (Å²) in [6, 6.07) is 108. The van der Waals surface area contributed by atoms with E-state index in [4.69, 9.17) is 0 Å². The quantitative estimate of drug-likeness (QED) is 0.0889. The van der Waals surface area contributed by atoms with Gasteiger partial charge in [0, 0.05) is 34.1 Å². The zero-order valence-electron chi connectivity index (χ0n) is 50.0. The van der Waals surface area contributed by atoms with Gasteiger partial charge in [0.2, 0.25) is 0 Å². The maximum Gasteiger partial charge on any atom is 0.0462 e. The van der Waals surface area contributed by atoms with Gasteiger partial charge >= 0.3 is 0 Å². The van der Waals surface area contributed by atoms with Crippen LogP contribution in [0, 0.1) is 34.6 Å². The molecule has 418 valence electrons. The van der Waals surface area contributed by atoms with Crippen molar-refractivity contribution in [2.75, 3.05) is 9.80 Å². The van der Waals surface area contributed by atoms with Gasteiger partial charge < -0.3 is 9.80 Å². The number of nitrogens with zero attached hydrogens (tertiary/aromatic N) is 2. The summed E-state index contributed by atoms with van der Waals surface area (Å²) in [4.78, 5) is 4.61. The van der Waals surface area contributed by atoms with E-state index in [0.29, 0.717) is 0 Å². The van der Waals surface area contributed by atoms with Crippen molar-refractivity contribution >= 4 is 102 Å². The van der Waals surface area contributed by atoms with Gasteiger partial charge in [0.05, 0.1) is 0 Å². The molecule has 0 spiro atoms. The Morgan fingerprint density at radius 3 is 0.816 bits per heavy atom. The highest BCUT2D eigenvalue weighted by Crippen LogP contribution is 2.45. The number of hydrogen-bond acceptors (Lipinski definition) is 2. The van der Waals surface area contributed by atoms with E-state index < -0.39 is 0 Å². The largest absolute Gasteiger partial charge is 0.311 e. The van der Waals surface area contributed by atoms with E-state index in [2.05, 4.69) is 366 Å². The monoisotopic (exact) mass is 1120 g/mol. The van der Waals surface area contributed by atoms with Crippen LogP contribution < -0.4 is 9.80 Å². The average Bonchev–Trinajstić information content (AvgIpc) is 0.974. The third-order valence-corrected chi connectivity index (χ3v) is 16.6. The number of aryl methyl sites for hydroxylation is 5. The highest BCUT2D eigenvalue weighted by atomic mass is 15.1. The normalized spacial score (nSPS) is 11.4. The molecule has 14 aromatic carbocycles. The minimum atomic E-state index is 1.13. The van der Waals surface area contributed by atoms with Crippen LogP contribution in [-0.2, 0) is 0 Å². The third-order valence-electron chi connectivity index (χ3n) is 16.6. The van der Waals surface area contributed by atoms with Crippen molar-refractivity contribution in [2.45, 2.75) is 34.6 Å². The summed E-state index contributed by atoms with van der Waals surface area (Å²) in [5.41, 5.74) is 22.9. The Bertz CT molecular complexity index is 4520. The first-order valence-electron chi connectivity index (χ1n) is 30.1. The smallest absolute Gasteiger partial charge is 0.0462 e. The third kappa shape index (κ3) is 12.3. The summed E-state index contributed by atoms with van der Waals surface area (Å²) in [7, 11) is 0. The van der Waals surface area contributed by atoms with Gasteiger partial charge in [-0.15, -0.1) is 0 Å². The van der Waals surface area contributed by atoms with Crippen molar-refractivity contribution in [2.24, 2.45) is 0 Å². The standard InChI is InChI=1S/C50H44N2.C35H24/c1-37-5-25-45(26-6-37)51(46-27-7-38(2)8-28-46)49-33-21-43(22-34-49)19-17-41-13-15-42(16-14-41)18-20-44-23-35-50(36-24-44)52(47-29-9-39(3)10-30-47)48-31-11-40(4)12-32-48;1-23-14-19-32-33(20-23)35(29-18-16-25-9-3-5-11-27(25)22-29)31-13-7-6-12-30(31)34(32)28-17-15-24-8-2-4-10-26(24)21-28/h5-36H,1-4H3;2-22H,1H3/b19-17+,20-18+;. The SMILES string of the molecule is Cc1ccc(N(c2ccc(C)cc2)c2ccc(/C=C/c3ccc(/C=C/c4ccc(N(c5ccc(C)cc5)c5ccc(C)cc5)cc4)cc3)cc2)cc1.Cc1ccc2c(-c3ccc4ccccc4c3)c3ccccc3c(-c3ccc4ccccc4c3)c2c1. The lowest BCUT2D eigenvalue weighted by atomic mass is 9.84.